The van der Waals surface area contributed by atoms with Crippen LogP contribution >= 0.6 is 0 Å². The molecule has 2 heterocycles. The minimum atomic E-state index is -0.384. The Morgan fingerprint density at radius 3 is 2.80 bits per heavy atom. The first-order valence-electron chi connectivity index (χ1n) is 9.34. The van der Waals surface area contributed by atoms with Crippen molar-refractivity contribution in [2.45, 2.75) is 6.61 Å². The Morgan fingerprint density at radius 2 is 1.97 bits per heavy atom. The van der Waals surface area contributed by atoms with Crippen molar-refractivity contribution in [3.05, 3.63) is 102 Å². The van der Waals surface area contributed by atoms with Crippen LogP contribution in [0.3, 0.4) is 0 Å². The second-order valence-electron chi connectivity index (χ2n) is 6.45. The maximum Gasteiger partial charge on any atom is 0.289 e. The fourth-order valence-corrected chi connectivity index (χ4v) is 2.75. The van der Waals surface area contributed by atoms with Gasteiger partial charge in [-0.15, -0.1) is 0 Å². The van der Waals surface area contributed by atoms with Gasteiger partial charge in [-0.25, -0.2) is 5.43 Å². The van der Waals surface area contributed by atoms with Crippen LogP contribution in [-0.2, 0) is 6.61 Å². The highest BCUT2D eigenvalue weighted by molar-refractivity contribution is 5.94. The molecule has 30 heavy (non-hydrogen) atoms. The maximum absolute atomic E-state index is 12.3. The number of nitrogens with one attached hydrogen (secondary N) is 2. The van der Waals surface area contributed by atoms with Crippen LogP contribution in [0.15, 0.2) is 90.3 Å². The minimum Gasteiger partial charge on any atom is -0.489 e. The molecule has 4 rings (SSSR count). The first kappa shape index (κ1) is 19.1. The van der Waals surface area contributed by atoms with Crippen molar-refractivity contribution in [3.8, 4) is 17.0 Å². The molecular formula is C23H19N5O2. The molecule has 0 atom stereocenters. The minimum absolute atomic E-state index is 0.309. The summed E-state index contributed by atoms with van der Waals surface area (Å²) in [5, 5.41) is 10.9. The zero-order chi connectivity index (χ0) is 20.6. The van der Waals surface area contributed by atoms with E-state index in [9.17, 15) is 4.79 Å². The van der Waals surface area contributed by atoms with Crippen molar-refractivity contribution in [3.63, 3.8) is 0 Å². The number of pyridine rings is 1. The highest BCUT2D eigenvalue weighted by Crippen LogP contribution is 2.23. The third-order valence-electron chi connectivity index (χ3n) is 4.26. The van der Waals surface area contributed by atoms with E-state index in [0.717, 1.165) is 22.4 Å². The van der Waals surface area contributed by atoms with Gasteiger partial charge in [0.2, 0.25) is 0 Å². The smallest absolute Gasteiger partial charge is 0.289 e. The van der Waals surface area contributed by atoms with Crippen LogP contribution < -0.4 is 10.2 Å². The van der Waals surface area contributed by atoms with Crippen molar-refractivity contribution in [2.24, 2.45) is 5.10 Å². The van der Waals surface area contributed by atoms with E-state index >= 15 is 0 Å². The molecule has 0 unspecified atom stereocenters. The third-order valence-corrected chi connectivity index (χ3v) is 4.26. The second-order valence-corrected chi connectivity index (χ2v) is 6.45. The van der Waals surface area contributed by atoms with Crippen LogP contribution in [0.25, 0.3) is 11.3 Å². The lowest BCUT2D eigenvalue weighted by molar-refractivity contribution is 0.0950. The maximum atomic E-state index is 12.3. The van der Waals surface area contributed by atoms with Gasteiger partial charge in [-0.3, -0.25) is 14.9 Å². The number of benzene rings is 2. The number of nitrogens with zero attached hydrogens (tertiary/aromatic N) is 3. The monoisotopic (exact) mass is 397 g/mol. The van der Waals surface area contributed by atoms with Crippen molar-refractivity contribution in [1.29, 1.82) is 0 Å². The number of amides is 1. The zero-order valence-electron chi connectivity index (χ0n) is 16.0. The molecule has 2 aromatic heterocycles. The van der Waals surface area contributed by atoms with Crippen molar-refractivity contribution in [1.82, 2.24) is 20.6 Å². The predicted molar refractivity (Wildman–Crippen MR) is 114 cm³/mol. The summed E-state index contributed by atoms with van der Waals surface area (Å²) >= 11 is 0. The summed E-state index contributed by atoms with van der Waals surface area (Å²) in [6, 6.07) is 22.8. The van der Waals surface area contributed by atoms with Gasteiger partial charge in [-0.1, -0.05) is 48.5 Å². The van der Waals surface area contributed by atoms with Gasteiger partial charge in [0.25, 0.3) is 5.91 Å². The van der Waals surface area contributed by atoms with E-state index in [1.54, 1.807) is 24.5 Å². The number of carbonyl (C=O) groups excluding carboxylic acids is 1. The fourth-order valence-electron chi connectivity index (χ4n) is 2.75. The molecule has 0 radical (unpaired) electrons. The molecule has 0 aliphatic carbocycles. The molecule has 1 amide bonds. The molecule has 0 fully saturated rings. The number of hydrazone groups is 1. The summed E-state index contributed by atoms with van der Waals surface area (Å²) in [6.07, 6.45) is 4.84. The normalized spacial score (nSPS) is 10.8. The number of aromatic nitrogens is 3. The number of hydrogen-bond acceptors (Lipinski definition) is 5. The molecule has 0 saturated carbocycles. The number of rotatable bonds is 7. The molecule has 0 aliphatic heterocycles. The quantitative estimate of drug-likeness (QED) is 0.366. The standard InChI is InChI=1S/C23H19N5O2/c29-23(28-25-15-18-8-5-11-24-14-18)22-13-21(26-27-22)19-9-4-10-20(12-19)30-16-17-6-2-1-3-7-17/h1-15H,16H2,(H,26,27)(H,28,29). The first-order valence-corrected chi connectivity index (χ1v) is 9.34. The van der Waals surface area contributed by atoms with Gasteiger partial charge in [0.15, 0.2) is 0 Å². The van der Waals surface area contributed by atoms with Crippen LogP contribution in [0.1, 0.15) is 21.6 Å². The Kier molecular flexibility index (Phi) is 5.91. The summed E-state index contributed by atoms with van der Waals surface area (Å²) in [7, 11) is 0. The van der Waals surface area contributed by atoms with Gasteiger partial charge in [0.1, 0.15) is 18.1 Å². The van der Waals surface area contributed by atoms with Crippen LogP contribution in [0.5, 0.6) is 5.75 Å². The van der Waals surface area contributed by atoms with E-state index in [0.29, 0.717) is 18.0 Å². The summed E-state index contributed by atoms with van der Waals surface area (Å²) in [6.45, 7) is 0.480. The van der Waals surface area contributed by atoms with E-state index in [2.05, 4.69) is 25.7 Å². The average molecular weight is 397 g/mol. The number of hydrogen-bond donors (Lipinski definition) is 2. The number of ether oxygens (including phenoxy) is 1. The van der Waals surface area contributed by atoms with Gasteiger partial charge in [0, 0.05) is 23.5 Å². The topological polar surface area (TPSA) is 92.3 Å². The van der Waals surface area contributed by atoms with Crippen molar-refractivity contribution in [2.75, 3.05) is 0 Å². The van der Waals surface area contributed by atoms with Crippen LogP contribution in [0, 0.1) is 0 Å². The van der Waals surface area contributed by atoms with Crippen LogP contribution in [0.2, 0.25) is 0 Å². The van der Waals surface area contributed by atoms with Gasteiger partial charge in [-0.2, -0.15) is 10.2 Å². The lowest BCUT2D eigenvalue weighted by atomic mass is 10.1. The molecule has 7 nitrogen and oxygen atoms in total. The Balaban J connectivity index is 1.39. The Bertz CT molecular complexity index is 1140. The molecule has 4 aromatic rings. The Morgan fingerprint density at radius 1 is 1.07 bits per heavy atom. The van der Waals surface area contributed by atoms with Gasteiger partial charge in [0.05, 0.1) is 11.9 Å². The van der Waals surface area contributed by atoms with Gasteiger partial charge < -0.3 is 4.74 Å². The van der Waals surface area contributed by atoms with Crippen LogP contribution in [0.4, 0.5) is 0 Å². The number of carbonyl (C=O) groups is 1. The van der Waals surface area contributed by atoms with E-state index < -0.39 is 0 Å². The molecule has 0 saturated heterocycles. The molecule has 0 bridgehead atoms. The molecule has 2 aromatic carbocycles. The summed E-state index contributed by atoms with van der Waals surface area (Å²) in [4.78, 5) is 16.3. The van der Waals surface area contributed by atoms with E-state index in [1.807, 2.05) is 60.7 Å². The molecule has 2 N–H and O–H groups in total. The van der Waals surface area contributed by atoms with E-state index in [4.69, 9.17) is 4.74 Å². The second kappa shape index (κ2) is 9.29. The van der Waals surface area contributed by atoms with Crippen molar-refractivity contribution >= 4 is 12.1 Å². The number of aromatic amines is 1. The van der Waals surface area contributed by atoms with Gasteiger partial charge in [-0.05, 0) is 29.8 Å². The lowest BCUT2D eigenvalue weighted by Crippen LogP contribution is -2.18. The average Bonchev–Trinajstić information content (AvgIpc) is 3.30. The number of H-pyrrole nitrogens is 1. The van der Waals surface area contributed by atoms with Crippen molar-refractivity contribution < 1.29 is 9.53 Å². The fraction of sp³-hybridized carbons (Fsp3) is 0.0435. The molecule has 0 spiro atoms. The highest BCUT2D eigenvalue weighted by Gasteiger charge is 2.11. The Labute approximate surface area is 173 Å². The Hall–Kier alpha value is -4.26. The highest BCUT2D eigenvalue weighted by atomic mass is 16.5. The molecule has 148 valence electrons. The summed E-state index contributed by atoms with van der Waals surface area (Å²) < 4.78 is 5.86. The zero-order valence-corrected chi connectivity index (χ0v) is 16.0. The third kappa shape index (κ3) is 4.96. The molecular weight excluding hydrogens is 378 g/mol. The van der Waals surface area contributed by atoms with E-state index in [1.165, 1.54) is 6.21 Å². The van der Waals surface area contributed by atoms with Crippen LogP contribution in [-0.4, -0.2) is 27.3 Å². The molecule has 7 heteroatoms. The predicted octanol–water partition coefficient (Wildman–Crippen LogP) is 3.81. The van der Waals surface area contributed by atoms with Gasteiger partial charge >= 0.3 is 0 Å². The largest absolute Gasteiger partial charge is 0.489 e. The van der Waals surface area contributed by atoms with E-state index in [-0.39, 0.29) is 5.91 Å². The lowest BCUT2D eigenvalue weighted by Gasteiger charge is -2.07. The summed E-state index contributed by atoms with van der Waals surface area (Å²) in [5.74, 6) is 0.344. The molecule has 0 aliphatic rings. The SMILES string of the molecule is O=C(NN=Cc1cccnc1)c1cc(-c2cccc(OCc3ccccc3)c2)n[nH]1. The summed E-state index contributed by atoms with van der Waals surface area (Å²) in [5.41, 5.74) is 6.14. The first-order chi connectivity index (χ1) is 14.8.